The number of imidazole rings is 1. The molecule has 0 bridgehead atoms. The molecule has 1 aliphatic rings. The van der Waals surface area contributed by atoms with Crippen molar-refractivity contribution in [3.63, 3.8) is 0 Å². The number of aromatic nitrogens is 6. The summed E-state index contributed by atoms with van der Waals surface area (Å²) in [6.45, 7) is 3.19. The van der Waals surface area contributed by atoms with Gasteiger partial charge >= 0.3 is 46.6 Å². The Hall–Kier alpha value is -2.42. The number of pyridine rings is 2. The van der Waals surface area contributed by atoms with Gasteiger partial charge in [0.05, 0.1) is 29.4 Å². The Morgan fingerprint density at radius 1 is 1.05 bits per heavy atom. The second kappa shape index (κ2) is 9.40. The minimum Gasteiger partial charge on any atom is -0.337 e. The normalized spacial score (nSPS) is 15.7. The van der Waals surface area contributed by atoms with E-state index in [4.69, 9.17) is 4.98 Å². The van der Waals surface area contributed by atoms with Crippen LogP contribution in [0.2, 0.25) is 0 Å². The van der Waals surface area contributed by atoms with Crippen molar-refractivity contribution in [2.45, 2.75) is 14.4 Å². The summed E-state index contributed by atoms with van der Waals surface area (Å²) in [5.74, 6) is 0.753. The molecule has 0 radical (unpaired) electrons. The summed E-state index contributed by atoms with van der Waals surface area (Å²) >= 11 is 6.22. The van der Waals surface area contributed by atoms with E-state index in [0.29, 0.717) is 7.08 Å². The lowest BCUT2D eigenvalue weighted by molar-refractivity contribution is -0.714. The number of fused-ring (bicyclic) bond motifs is 2. The molecule has 1 fully saturated rings. The molecule has 7 rings (SSSR count). The number of para-hydroxylation sites is 1. The van der Waals surface area contributed by atoms with Crippen LogP contribution < -0.4 is 45.2 Å². The van der Waals surface area contributed by atoms with E-state index < -0.39 is 0 Å². The first-order valence-corrected chi connectivity index (χ1v) is 15.2. The van der Waals surface area contributed by atoms with Crippen LogP contribution in [0.3, 0.4) is 0 Å². The van der Waals surface area contributed by atoms with Crippen molar-refractivity contribution in [1.29, 1.82) is 0 Å². The quantitative estimate of drug-likeness (QED) is 0.172. The Morgan fingerprint density at radius 2 is 1.97 bits per heavy atom. The topological polar surface area (TPSA) is 86.4 Å². The van der Waals surface area contributed by atoms with Gasteiger partial charge in [0, 0.05) is 48.4 Å². The average Bonchev–Trinajstić information content (AvgIpc) is 3.69. The zero-order valence-electron chi connectivity index (χ0n) is 19.6. The maximum absolute atomic E-state index is 4.98. The highest BCUT2D eigenvalue weighted by Crippen LogP contribution is 2.33. The molecule has 0 atom stereocenters. The molecule has 0 unspecified atom stereocenters. The second-order valence-corrected chi connectivity index (χ2v) is 17.2. The molecule has 37 heavy (non-hydrogen) atoms. The number of hydrogen-bond acceptors (Lipinski definition) is 6. The first-order valence-electron chi connectivity index (χ1n) is 12.0. The highest BCUT2D eigenvalue weighted by atomic mass is 127. The number of thiophene rings is 1. The van der Waals surface area contributed by atoms with E-state index in [1.807, 2.05) is 18.6 Å². The van der Waals surface area contributed by atoms with Crippen LogP contribution in [0.1, 0.15) is 12.0 Å². The van der Waals surface area contributed by atoms with Gasteiger partial charge in [-0.2, -0.15) is 16.4 Å². The third-order valence-corrected chi connectivity index (χ3v) is 9.38. The molecule has 0 spiro atoms. The van der Waals surface area contributed by atoms with Crippen LogP contribution in [0.15, 0.2) is 65.7 Å². The summed E-state index contributed by atoms with van der Waals surface area (Å²) in [7, 11) is 0. The van der Waals surface area contributed by atoms with Crippen molar-refractivity contribution in [2.75, 3.05) is 13.1 Å². The van der Waals surface area contributed by atoms with Gasteiger partial charge in [0.15, 0.2) is 11.5 Å². The third-order valence-electron chi connectivity index (χ3n) is 6.80. The lowest BCUT2D eigenvalue weighted by Crippen LogP contribution is -3.69. The van der Waals surface area contributed by atoms with E-state index in [1.165, 1.54) is 17.5 Å². The number of likely N-dealkylation sites (tertiary alicyclic amines) is 1. The highest BCUT2D eigenvalue weighted by molar-refractivity contribution is 7.08. The Balaban J connectivity index is 1.24. The molecule has 5 aromatic heterocycles. The molecule has 6 heterocycles. The van der Waals surface area contributed by atoms with Crippen molar-refractivity contribution < 1.29 is 45.2 Å². The van der Waals surface area contributed by atoms with Gasteiger partial charge < -0.3 is 4.98 Å². The van der Waals surface area contributed by atoms with Crippen LogP contribution in [0.5, 0.6) is 0 Å². The molecular weight excluding hydrogens is 708 g/mol. The molecule has 6 aromatic rings. The Kier molecular flexibility index (Phi) is 6.02. The van der Waals surface area contributed by atoms with E-state index in [1.54, 1.807) is 11.3 Å². The van der Waals surface area contributed by atoms with Gasteiger partial charge in [0.2, 0.25) is 0 Å². The number of aromatic amines is 2. The van der Waals surface area contributed by atoms with Crippen LogP contribution in [0, 0.1) is 0 Å². The number of H-pyrrole nitrogens is 2. The predicted molar refractivity (Wildman–Crippen MR) is 141 cm³/mol. The fourth-order valence-corrected chi connectivity index (χ4v) is 7.21. The third kappa shape index (κ3) is 4.57. The molecule has 10 heteroatoms. The maximum Gasteiger partial charge on any atom is 0.351 e. The van der Waals surface area contributed by atoms with Crippen LogP contribution in [-0.4, -0.2) is 49.6 Å². The summed E-state index contributed by atoms with van der Waals surface area (Å²) in [6.07, 6.45) is 7.01. The van der Waals surface area contributed by atoms with Gasteiger partial charge in [-0.1, -0.05) is 12.1 Å². The van der Waals surface area contributed by atoms with Gasteiger partial charge in [0.25, 0.3) is 0 Å². The second-order valence-electron chi connectivity index (χ2n) is 9.45. The summed E-state index contributed by atoms with van der Waals surface area (Å²) in [4.78, 5) is 20.2. The van der Waals surface area contributed by atoms with E-state index in [9.17, 15) is 0 Å². The molecule has 2 N–H and O–H groups in total. The summed E-state index contributed by atoms with van der Waals surface area (Å²) in [5.41, 5.74) is 9.04. The maximum atomic E-state index is 4.98. The Bertz CT molecular complexity index is 1740. The molecule has 1 aromatic carbocycles. The zero-order chi connectivity index (χ0) is 25.0. The lowest BCUT2D eigenvalue weighted by Gasteiger charge is -2.14. The average molecular weight is 731 g/mol. The summed E-state index contributed by atoms with van der Waals surface area (Å²) in [6, 6.07) is 12.7. The Morgan fingerprint density at radius 3 is 2.81 bits per heavy atom. The highest BCUT2D eigenvalue weighted by Gasteiger charge is 2.48. The van der Waals surface area contributed by atoms with Crippen LogP contribution in [0.4, 0.5) is 0 Å². The number of rotatable bonds is 5. The minimum atomic E-state index is 0.408. The monoisotopic (exact) mass is 731 g/mol. The first kappa shape index (κ1) is 23.7. The van der Waals surface area contributed by atoms with Crippen LogP contribution in [-0.2, 0) is 6.54 Å². The van der Waals surface area contributed by atoms with Gasteiger partial charge in [0.1, 0.15) is 5.69 Å². The van der Waals surface area contributed by atoms with E-state index in [-0.39, 0.29) is 0 Å². The summed E-state index contributed by atoms with van der Waals surface area (Å²) < 4.78 is 0.408. The van der Waals surface area contributed by atoms with Crippen LogP contribution in [0.25, 0.3) is 55.8 Å². The molecular formula is C27H23I2N7S+2. The molecule has 184 valence electrons. The number of halogens is 2. The molecule has 7 nitrogen and oxygen atoms in total. The van der Waals surface area contributed by atoms with E-state index in [0.717, 1.165) is 64.3 Å². The van der Waals surface area contributed by atoms with E-state index >= 15 is 0 Å². The van der Waals surface area contributed by atoms with Crippen molar-refractivity contribution in [2.24, 2.45) is 0 Å². The SMILES string of the molecule is [IH+]C1([IH+])CCN(Cc2cncc(-c3cnc4n[nH]c(-c5nc6c(-c7ccsc7)cccc6[nH]5)c4c3)c2)C1. The zero-order valence-corrected chi connectivity index (χ0v) is 25.1. The smallest absolute Gasteiger partial charge is 0.337 e. The molecule has 0 aliphatic carbocycles. The fraction of sp³-hybridized carbons (Fsp3) is 0.185. The number of alkyl halides is 2. The van der Waals surface area contributed by atoms with Crippen LogP contribution >= 0.6 is 11.3 Å². The van der Waals surface area contributed by atoms with Gasteiger partial charge in [-0.15, -0.1) is 0 Å². The predicted octanol–water partition coefficient (Wildman–Crippen LogP) is -1.24. The van der Waals surface area contributed by atoms with Crippen molar-refractivity contribution in [1.82, 2.24) is 35.0 Å². The Labute approximate surface area is 244 Å². The van der Waals surface area contributed by atoms with Crippen molar-refractivity contribution in [3.8, 4) is 33.8 Å². The van der Waals surface area contributed by atoms with Gasteiger partial charge in [-0.25, -0.2) is 9.97 Å². The molecule has 0 saturated carbocycles. The molecule has 1 aliphatic heterocycles. The molecule has 0 amide bonds. The van der Waals surface area contributed by atoms with Gasteiger partial charge in [-0.05, 0) is 46.2 Å². The minimum absolute atomic E-state index is 0.408. The fourth-order valence-electron chi connectivity index (χ4n) is 4.99. The number of nitrogens with one attached hydrogen (secondary N) is 2. The van der Waals surface area contributed by atoms with E-state index in [2.05, 4.69) is 122 Å². The van der Waals surface area contributed by atoms with Crippen molar-refractivity contribution >= 4 is 33.4 Å². The number of benzene rings is 1. The largest absolute Gasteiger partial charge is 0.351 e. The standard InChI is InChI=1S/C27H23I2N7S/c28-27(29)5-6-36(15-27)13-16-8-18(11-30-10-16)19-9-21-24(34-35-25(21)31-12-19)26-32-22-3-1-2-20(23(22)33-26)17-4-7-37-14-17/h1-4,7-12,14,28-29H,5-6,13,15H2,(H,32,33)(H,31,34,35)/q+2. The number of nitrogens with zero attached hydrogens (tertiary/aromatic N) is 5. The first-order chi connectivity index (χ1) is 18.0. The van der Waals surface area contributed by atoms with Crippen molar-refractivity contribution in [3.05, 3.63) is 71.3 Å². The summed E-state index contributed by atoms with van der Waals surface area (Å²) in [5, 5.41) is 12.8. The van der Waals surface area contributed by atoms with Gasteiger partial charge in [-0.3, -0.25) is 15.0 Å². The number of hydrogen-bond donors (Lipinski definition) is 2. The lowest BCUT2D eigenvalue weighted by atomic mass is 10.1. The molecule has 1 saturated heterocycles.